The minimum absolute atomic E-state index is 0. The van der Waals surface area contributed by atoms with Gasteiger partial charge in [-0.25, -0.2) is 0 Å². The number of aromatic nitrogens is 2. The third-order valence-corrected chi connectivity index (χ3v) is 5.26. The zero-order chi connectivity index (χ0) is 18.6. The lowest BCUT2D eigenvalue weighted by Gasteiger charge is -2.35. The van der Waals surface area contributed by atoms with Crippen LogP contribution < -0.4 is 10.1 Å². The van der Waals surface area contributed by atoms with Crippen LogP contribution >= 0.6 is 24.0 Å². The van der Waals surface area contributed by atoms with Crippen molar-refractivity contribution in [2.45, 2.75) is 18.4 Å². The minimum Gasteiger partial charge on any atom is -0.493 e. The Morgan fingerprint density at radius 1 is 1.32 bits per heavy atom. The first kappa shape index (κ1) is 20.9. The first-order chi connectivity index (χ1) is 13.2. The molecule has 1 aromatic heterocycles. The van der Waals surface area contributed by atoms with Crippen molar-refractivity contribution >= 4 is 29.9 Å². The van der Waals surface area contributed by atoms with E-state index < -0.39 is 0 Å². The summed E-state index contributed by atoms with van der Waals surface area (Å²) >= 11 is 0. The Bertz CT molecular complexity index is 809. The second kappa shape index (κ2) is 9.60. The zero-order valence-corrected chi connectivity index (χ0v) is 18.7. The molecule has 7 nitrogen and oxygen atoms in total. The molecule has 2 aromatic rings. The lowest BCUT2D eigenvalue weighted by molar-refractivity contribution is -0.00805. The quantitative estimate of drug-likeness (QED) is 0.402. The molecule has 1 fully saturated rings. The van der Waals surface area contributed by atoms with E-state index in [1.54, 1.807) is 0 Å². The fourth-order valence-electron chi connectivity index (χ4n) is 3.82. The molecule has 0 spiro atoms. The third kappa shape index (κ3) is 4.60. The summed E-state index contributed by atoms with van der Waals surface area (Å²) in [4.78, 5) is 6.78. The fourth-order valence-corrected chi connectivity index (χ4v) is 3.82. The second-order valence-corrected chi connectivity index (χ2v) is 7.05. The first-order valence-corrected chi connectivity index (χ1v) is 9.52. The Hall–Kier alpha value is -1.81. The summed E-state index contributed by atoms with van der Waals surface area (Å²) in [5, 5.41) is 7.83. The average molecular weight is 497 g/mol. The van der Waals surface area contributed by atoms with E-state index in [-0.39, 0.29) is 30.1 Å². The lowest BCUT2D eigenvalue weighted by atomic mass is 9.93. The van der Waals surface area contributed by atoms with Crippen molar-refractivity contribution < 1.29 is 9.47 Å². The van der Waals surface area contributed by atoms with Gasteiger partial charge in [0, 0.05) is 44.9 Å². The maximum absolute atomic E-state index is 5.95. The van der Waals surface area contributed by atoms with Crippen LogP contribution in [0.1, 0.15) is 29.6 Å². The molecule has 2 atom stereocenters. The molecule has 2 aliphatic heterocycles. The van der Waals surface area contributed by atoms with E-state index in [1.807, 2.05) is 37.2 Å². The number of hydrogen-bond donors (Lipinski definition) is 1. The predicted molar refractivity (Wildman–Crippen MR) is 120 cm³/mol. The van der Waals surface area contributed by atoms with E-state index in [9.17, 15) is 0 Å². The number of hydrogen-bond acceptors (Lipinski definition) is 4. The summed E-state index contributed by atoms with van der Waals surface area (Å²) in [6.45, 7) is 3.90. The summed E-state index contributed by atoms with van der Waals surface area (Å²) in [6, 6.07) is 8.32. The maximum Gasteiger partial charge on any atom is 0.193 e. The van der Waals surface area contributed by atoms with Gasteiger partial charge in [-0.1, -0.05) is 18.2 Å². The highest BCUT2D eigenvalue weighted by Gasteiger charge is 2.26. The van der Waals surface area contributed by atoms with Crippen LogP contribution in [0, 0.1) is 0 Å². The van der Waals surface area contributed by atoms with Crippen molar-refractivity contribution in [1.29, 1.82) is 0 Å². The van der Waals surface area contributed by atoms with Crippen molar-refractivity contribution in [3.8, 4) is 5.75 Å². The SMILES string of the molecule is CN=C(NCC1CCOc2ccccc21)N1CCOC(c2cnn(C)c2)C1.I. The van der Waals surface area contributed by atoms with E-state index in [2.05, 4.69) is 38.5 Å². The Labute approximate surface area is 183 Å². The highest BCUT2D eigenvalue weighted by molar-refractivity contribution is 14.0. The molecule has 0 radical (unpaired) electrons. The molecular formula is C20H28IN5O2. The van der Waals surface area contributed by atoms with Gasteiger partial charge in [-0.15, -0.1) is 24.0 Å². The average Bonchev–Trinajstić information content (AvgIpc) is 3.15. The molecule has 8 heteroatoms. The van der Waals surface area contributed by atoms with Gasteiger partial charge >= 0.3 is 0 Å². The zero-order valence-electron chi connectivity index (χ0n) is 16.4. The summed E-state index contributed by atoms with van der Waals surface area (Å²) in [6.07, 6.45) is 4.93. The van der Waals surface area contributed by atoms with E-state index in [1.165, 1.54) is 5.56 Å². The topological polar surface area (TPSA) is 63.9 Å². The monoisotopic (exact) mass is 497 g/mol. The van der Waals surface area contributed by atoms with Crippen LogP contribution in [0.3, 0.4) is 0 Å². The molecule has 0 aliphatic carbocycles. The summed E-state index contributed by atoms with van der Waals surface area (Å²) in [5.41, 5.74) is 2.39. The van der Waals surface area contributed by atoms with E-state index in [0.717, 1.165) is 49.9 Å². The number of para-hydroxylation sites is 1. The number of benzene rings is 1. The van der Waals surface area contributed by atoms with Crippen molar-refractivity contribution in [2.24, 2.45) is 12.0 Å². The van der Waals surface area contributed by atoms with Crippen LogP contribution in [0.4, 0.5) is 0 Å². The number of nitrogens with zero attached hydrogens (tertiary/aromatic N) is 4. The number of aryl methyl sites for hydroxylation is 1. The number of morpholine rings is 1. The third-order valence-electron chi connectivity index (χ3n) is 5.26. The largest absolute Gasteiger partial charge is 0.493 e. The molecule has 28 heavy (non-hydrogen) atoms. The molecule has 1 N–H and O–H groups in total. The van der Waals surface area contributed by atoms with Gasteiger partial charge in [-0.2, -0.15) is 5.10 Å². The molecule has 3 heterocycles. The second-order valence-electron chi connectivity index (χ2n) is 7.05. The van der Waals surface area contributed by atoms with Crippen molar-refractivity contribution in [3.63, 3.8) is 0 Å². The Balaban J connectivity index is 0.00000225. The van der Waals surface area contributed by atoms with Gasteiger partial charge in [0.15, 0.2) is 5.96 Å². The maximum atomic E-state index is 5.95. The number of rotatable bonds is 3. The number of aliphatic imine (C=N–C) groups is 1. The Morgan fingerprint density at radius 2 is 2.18 bits per heavy atom. The van der Waals surface area contributed by atoms with Crippen LogP contribution in [0.2, 0.25) is 0 Å². The van der Waals surface area contributed by atoms with Crippen molar-refractivity contribution in [2.75, 3.05) is 39.9 Å². The molecule has 0 amide bonds. The van der Waals surface area contributed by atoms with Crippen molar-refractivity contribution in [1.82, 2.24) is 20.0 Å². The molecule has 152 valence electrons. The van der Waals surface area contributed by atoms with Crippen LogP contribution in [-0.2, 0) is 11.8 Å². The molecule has 4 rings (SSSR count). The number of fused-ring (bicyclic) bond motifs is 1. The van der Waals surface area contributed by atoms with E-state index >= 15 is 0 Å². The molecule has 0 bridgehead atoms. The summed E-state index contributed by atoms with van der Waals surface area (Å²) in [5.74, 6) is 2.37. The van der Waals surface area contributed by atoms with Gasteiger partial charge in [0.25, 0.3) is 0 Å². The molecule has 2 unspecified atom stereocenters. The fraction of sp³-hybridized carbons (Fsp3) is 0.500. The van der Waals surface area contributed by atoms with E-state index in [4.69, 9.17) is 9.47 Å². The van der Waals surface area contributed by atoms with Crippen LogP contribution in [0.25, 0.3) is 0 Å². The predicted octanol–water partition coefficient (Wildman–Crippen LogP) is 2.55. The van der Waals surface area contributed by atoms with Crippen LogP contribution in [0.5, 0.6) is 5.75 Å². The first-order valence-electron chi connectivity index (χ1n) is 9.52. The van der Waals surface area contributed by atoms with Gasteiger partial charge in [-0.3, -0.25) is 9.67 Å². The van der Waals surface area contributed by atoms with Crippen LogP contribution in [0.15, 0.2) is 41.7 Å². The number of nitrogens with one attached hydrogen (secondary N) is 1. The molecule has 1 saturated heterocycles. The molecule has 0 saturated carbocycles. The lowest BCUT2D eigenvalue weighted by Crippen LogP contribution is -2.49. The number of guanidine groups is 1. The van der Waals surface area contributed by atoms with Gasteiger partial charge in [0.05, 0.1) is 26.0 Å². The highest BCUT2D eigenvalue weighted by atomic mass is 127. The van der Waals surface area contributed by atoms with Gasteiger partial charge < -0.3 is 19.7 Å². The summed E-state index contributed by atoms with van der Waals surface area (Å²) < 4.78 is 13.5. The summed E-state index contributed by atoms with van der Waals surface area (Å²) in [7, 11) is 3.77. The van der Waals surface area contributed by atoms with Gasteiger partial charge in [0.1, 0.15) is 11.9 Å². The van der Waals surface area contributed by atoms with Gasteiger partial charge in [-0.05, 0) is 18.1 Å². The smallest absolute Gasteiger partial charge is 0.193 e. The van der Waals surface area contributed by atoms with Crippen LogP contribution in [-0.4, -0.2) is 60.5 Å². The number of halogens is 1. The normalized spacial score (nSPS) is 22.1. The van der Waals surface area contributed by atoms with Gasteiger partial charge in [0.2, 0.25) is 0 Å². The number of ether oxygens (including phenoxy) is 2. The highest BCUT2D eigenvalue weighted by Crippen LogP contribution is 2.32. The molecule has 1 aromatic carbocycles. The standard InChI is InChI=1S/C20H27N5O2.HI/c1-21-20(22-11-15-7-9-26-18-6-4-3-5-17(15)18)25-8-10-27-19(14-25)16-12-23-24(2)13-16;/h3-6,12-13,15,19H,7-11,14H2,1-2H3,(H,21,22);1H. The molecular weight excluding hydrogens is 469 g/mol. The van der Waals surface area contributed by atoms with Crippen molar-refractivity contribution in [3.05, 3.63) is 47.8 Å². The Kier molecular flexibility index (Phi) is 7.17. The minimum atomic E-state index is 0. The van der Waals surface area contributed by atoms with E-state index in [0.29, 0.717) is 12.5 Å². The Morgan fingerprint density at radius 3 is 2.96 bits per heavy atom. The molecule has 2 aliphatic rings.